The minimum Gasteiger partial charge on any atom is -0.453 e. The van der Waals surface area contributed by atoms with Crippen LogP contribution in [-0.4, -0.2) is 23.0 Å². The molecule has 1 aliphatic rings. The van der Waals surface area contributed by atoms with Gasteiger partial charge in [-0.05, 0) is 18.8 Å². The standard InChI is InChI=1S/C9H14INO3/c1-14-9(13)11-7(8(10)12)6-4-2-3-5-6/h6-7H,2-5H2,1H3,(H,11,13)/t7-/m0/s1. The molecule has 80 valence electrons. The van der Waals surface area contributed by atoms with Gasteiger partial charge in [0, 0.05) is 22.6 Å². The van der Waals surface area contributed by atoms with E-state index < -0.39 is 6.09 Å². The summed E-state index contributed by atoms with van der Waals surface area (Å²) in [6, 6.07) is -0.370. The van der Waals surface area contributed by atoms with Gasteiger partial charge in [0.2, 0.25) is 3.79 Å². The molecule has 0 heterocycles. The van der Waals surface area contributed by atoms with Crippen molar-refractivity contribution in [3.05, 3.63) is 0 Å². The number of hydrogen-bond donors (Lipinski definition) is 1. The van der Waals surface area contributed by atoms with E-state index in [0.717, 1.165) is 25.7 Å². The van der Waals surface area contributed by atoms with Crippen LogP contribution in [0.15, 0.2) is 0 Å². The maximum absolute atomic E-state index is 11.3. The Morgan fingerprint density at radius 1 is 1.43 bits per heavy atom. The second-order valence-corrected chi connectivity index (χ2v) is 4.53. The minimum atomic E-state index is -0.521. The molecule has 1 rings (SSSR count). The largest absolute Gasteiger partial charge is 0.453 e. The Labute approximate surface area is 96.9 Å². The number of hydrogen-bond acceptors (Lipinski definition) is 3. The molecule has 1 fully saturated rings. The van der Waals surface area contributed by atoms with Crippen molar-refractivity contribution in [1.29, 1.82) is 0 Å². The summed E-state index contributed by atoms with van der Waals surface area (Å²) < 4.78 is 4.47. The average molecular weight is 311 g/mol. The van der Waals surface area contributed by atoms with Crippen LogP contribution in [0.5, 0.6) is 0 Å². The van der Waals surface area contributed by atoms with Crippen LogP contribution in [0.1, 0.15) is 25.7 Å². The van der Waals surface area contributed by atoms with Gasteiger partial charge in [0.15, 0.2) is 0 Å². The Balaban J connectivity index is 2.54. The van der Waals surface area contributed by atoms with Crippen LogP contribution in [0.25, 0.3) is 0 Å². The van der Waals surface area contributed by atoms with Crippen molar-refractivity contribution < 1.29 is 14.3 Å². The predicted octanol–water partition coefficient (Wildman–Crippen LogP) is 1.86. The first-order valence-electron chi connectivity index (χ1n) is 4.69. The van der Waals surface area contributed by atoms with Crippen LogP contribution in [0.3, 0.4) is 0 Å². The third-order valence-corrected chi connectivity index (χ3v) is 3.25. The van der Waals surface area contributed by atoms with Gasteiger partial charge in [0.1, 0.15) is 6.04 Å². The molecule has 0 spiro atoms. The van der Waals surface area contributed by atoms with E-state index in [4.69, 9.17) is 0 Å². The van der Waals surface area contributed by atoms with Crippen LogP contribution in [0.4, 0.5) is 4.79 Å². The Kier molecular flexibility index (Phi) is 4.64. The molecule has 0 bridgehead atoms. The number of nitrogens with one attached hydrogen (secondary N) is 1. The fraction of sp³-hybridized carbons (Fsp3) is 0.778. The van der Waals surface area contributed by atoms with Crippen molar-refractivity contribution in [2.24, 2.45) is 5.92 Å². The number of alkyl carbamates (subject to hydrolysis) is 1. The molecule has 0 aromatic carbocycles. The zero-order chi connectivity index (χ0) is 10.6. The van der Waals surface area contributed by atoms with E-state index >= 15 is 0 Å². The highest BCUT2D eigenvalue weighted by molar-refractivity contribution is 14.1. The van der Waals surface area contributed by atoms with Crippen molar-refractivity contribution in [2.45, 2.75) is 31.7 Å². The average Bonchev–Trinajstić information content (AvgIpc) is 2.65. The monoisotopic (exact) mass is 311 g/mol. The summed E-state index contributed by atoms with van der Waals surface area (Å²) in [4.78, 5) is 22.3. The van der Waals surface area contributed by atoms with E-state index in [0.29, 0.717) is 5.92 Å². The molecular formula is C9H14INO3. The van der Waals surface area contributed by atoms with Crippen LogP contribution < -0.4 is 5.32 Å². The summed E-state index contributed by atoms with van der Waals surface area (Å²) in [7, 11) is 1.30. The first-order chi connectivity index (χ1) is 6.65. The van der Waals surface area contributed by atoms with E-state index in [-0.39, 0.29) is 9.83 Å². The molecule has 1 atom stereocenters. The van der Waals surface area contributed by atoms with Crippen LogP contribution in [0, 0.1) is 5.92 Å². The first-order valence-corrected chi connectivity index (χ1v) is 5.77. The Hall–Kier alpha value is -0.330. The maximum Gasteiger partial charge on any atom is 0.407 e. The van der Waals surface area contributed by atoms with Gasteiger partial charge in [0.25, 0.3) is 0 Å². The Bertz CT molecular complexity index is 226. The molecule has 1 saturated carbocycles. The van der Waals surface area contributed by atoms with Gasteiger partial charge >= 0.3 is 6.09 Å². The molecular weight excluding hydrogens is 297 g/mol. The van der Waals surface area contributed by atoms with Crippen molar-refractivity contribution in [1.82, 2.24) is 5.32 Å². The van der Waals surface area contributed by atoms with E-state index in [2.05, 4.69) is 10.1 Å². The summed E-state index contributed by atoms with van der Waals surface area (Å²) in [6.07, 6.45) is 3.81. The lowest BCUT2D eigenvalue weighted by atomic mass is 10.00. The Morgan fingerprint density at radius 2 is 2.00 bits per heavy atom. The van der Waals surface area contributed by atoms with E-state index in [1.54, 1.807) is 22.6 Å². The highest BCUT2D eigenvalue weighted by Crippen LogP contribution is 2.29. The smallest absolute Gasteiger partial charge is 0.407 e. The summed E-state index contributed by atoms with van der Waals surface area (Å²) >= 11 is 1.73. The van der Waals surface area contributed by atoms with Crippen LogP contribution in [0.2, 0.25) is 0 Å². The molecule has 0 aromatic heterocycles. The topological polar surface area (TPSA) is 55.4 Å². The maximum atomic E-state index is 11.3. The third-order valence-electron chi connectivity index (χ3n) is 2.57. The molecule has 0 unspecified atom stereocenters. The van der Waals surface area contributed by atoms with Gasteiger partial charge in [-0.1, -0.05) is 12.8 Å². The van der Waals surface area contributed by atoms with Crippen LogP contribution in [-0.2, 0) is 9.53 Å². The fourth-order valence-corrected chi connectivity index (χ4v) is 2.50. The summed E-state index contributed by atoms with van der Waals surface area (Å²) in [6.45, 7) is 0. The van der Waals surface area contributed by atoms with Crippen LogP contribution >= 0.6 is 22.6 Å². The molecule has 1 N–H and O–H groups in total. The zero-order valence-corrected chi connectivity index (χ0v) is 10.2. The molecule has 14 heavy (non-hydrogen) atoms. The number of methoxy groups -OCH3 is 1. The molecule has 1 amide bonds. The second kappa shape index (κ2) is 5.53. The van der Waals surface area contributed by atoms with Gasteiger partial charge in [-0.2, -0.15) is 0 Å². The summed E-state index contributed by atoms with van der Waals surface area (Å²) in [5.41, 5.74) is 0. The van der Waals surface area contributed by atoms with Gasteiger partial charge in [0.05, 0.1) is 7.11 Å². The lowest BCUT2D eigenvalue weighted by Gasteiger charge is -2.20. The first kappa shape index (κ1) is 11.7. The van der Waals surface area contributed by atoms with Crippen molar-refractivity contribution in [3.8, 4) is 0 Å². The third kappa shape index (κ3) is 3.11. The molecule has 1 aliphatic carbocycles. The summed E-state index contributed by atoms with van der Waals surface area (Å²) in [5, 5.41) is 2.59. The lowest BCUT2D eigenvalue weighted by Crippen LogP contribution is -2.43. The Morgan fingerprint density at radius 3 is 2.43 bits per heavy atom. The van der Waals surface area contributed by atoms with E-state index in [1.807, 2.05) is 0 Å². The number of amides is 1. The zero-order valence-electron chi connectivity index (χ0n) is 8.09. The fourth-order valence-electron chi connectivity index (χ4n) is 1.84. The second-order valence-electron chi connectivity index (χ2n) is 3.46. The quantitative estimate of drug-likeness (QED) is 0.639. The number of rotatable bonds is 3. The molecule has 0 radical (unpaired) electrons. The molecule has 0 saturated heterocycles. The molecule has 5 heteroatoms. The number of carbonyl (C=O) groups excluding carboxylic acids is 2. The number of halogens is 1. The van der Waals surface area contributed by atoms with Crippen molar-refractivity contribution in [3.63, 3.8) is 0 Å². The lowest BCUT2D eigenvalue weighted by molar-refractivity contribution is -0.112. The van der Waals surface area contributed by atoms with Gasteiger partial charge in [-0.3, -0.25) is 4.79 Å². The molecule has 0 aliphatic heterocycles. The molecule has 4 nitrogen and oxygen atoms in total. The van der Waals surface area contributed by atoms with E-state index in [1.165, 1.54) is 7.11 Å². The highest BCUT2D eigenvalue weighted by atomic mass is 127. The van der Waals surface area contributed by atoms with Gasteiger partial charge in [-0.15, -0.1) is 0 Å². The summed E-state index contributed by atoms with van der Waals surface area (Å²) in [5.74, 6) is 0.290. The van der Waals surface area contributed by atoms with Crippen molar-refractivity contribution >= 4 is 32.5 Å². The van der Waals surface area contributed by atoms with E-state index in [9.17, 15) is 9.59 Å². The number of carbonyl (C=O) groups is 2. The normalized spacial score (nSPS) is 19.0. The van der Waals surface area contributed by atoms with Crippen molar-refractivity contribution in [2.75, 3.05) is 7.11 Å². The van der Waals surface area contributed by atoms with Gasteiger partial charge < -0.3 is 10.1 Å². The highest BCUT2D eigenvalue weighted by Gasteiger charge is 2.30. The van der Waals surface area contributed by atoms with Gasteiger partial charge in [-0.25, -0.2) is 4.79 Å². The number of ether oxygens (including phenoxy) is 1. The predicted molar refractivity (Wildman–Crippen MR) is 60.3 cm³/mol. The molecule has 0 aromatic rings. The SMILES string of the molecule is COC(=O)N[C@H](C(=O)I)C1CCCC1. The minimum absolute atomic E-state index is 0.0140.